The van der Waals surface area contributed by atoms with E-state index >= 15 is 0 Å². The van der Waals surface area contributed by atoms with E-state index in [4.69, 9.17) is 4.74 Å². The van der Waals surface area contributed by atoms with E-state index in [-0.39, 0.29) is 11.8 Å². The number of ether oxygens (including phenoxy) is 1. The van der Waals surface area contributed by atoms with Crippen LogP contribution in [0, 0.1) is 6.92 Å². The van der Waals surface area contributed by atoms with Gasteiger partial charge in [-0.1, -0.05) is 30.3 Å². The van der Waals surface area contributed by atoms with E-state index < -0.39 is 0 Å². The van der Waals surface area contributed by atoms with Crippen molar-refractivity contribution < 1.29 is 14.3 Å². The summed E-state index contributed by atoms with van der Waals surface area (Å²) in [6.45, 7) is 2.45. The fraction of sp³-hybridized carbons (Fsp3) is 0.143. The normalized spacial score (nSPS) is 12.4. The van der Waals surface area contributed by atoms with Gasteiger partial charge in [0, 0.05) is 28.2 Å². The van der Waals surface area contributed by atoms with Crippen molar-refractivity contribution in [1.82, 2.24) is 0 Å². The molecule has 0 atom stereocenters. The van der Waals surface area contributed by atoms with Gasteiger partial charge in [0.15, 0.2) is 0 Å². The lowest BCUT2D eigenvalue weighted by Crippen LogP contribution is -2.30. The summed E-state index contributed by atoms with van der Waals surface area (Å²) in [6.07, 6.45) is 0.825. The number of thiophene rings is 1. The molecular formula is C28H24N2O3S. The Bertz CT molecular complexity index is 1390. The molecule has 1 aliphatic rings. The third-order valence-corrected chi connectivity index (χ3v) is 7.06. The number of amides is 2. The number of hydrogen-bond acceptors (Lipinski definition) is 4. The smallest absolute Gasteiger partial charge is 0.259 e. The number of rotatable bonds is 4. The molecule has 0 spiro atoms. The Morgan fingerprint density at radius 2 is 1.74 bits per heavy atom. The van der Waals surface area contributed by atoms with Crippen molar-refractivity contribution in [1.29, 1.82) is 0 Å². The zero-order chi connectivity index (χ0) is 23.7. The third-order valence-electron chi connectivity index (χ3n) is 6.11. The first kappa shape index (κ1) is 21.9. The van der Waals surface area contributed by atoms with Crippen molar-refractivity contribution >= 4 is 34.5 Å². The summed E-state index contributed by atoms with van der Waals surface area (Å²) in [4.78, 5) is 29.6. The summed E-state index contributed by atoms with van der Waals surface area (Å²) < 4.78 is 5.29. The molecule has 3 aromatic carbocycles. The maximum atomic E-state index is 13.7. The van der Waals surface area contributed by atoms with Crippen LogP contribution in [-0.4, -0.2) is 18.9 Å². The summed E-state index contributed by atoms with van der Waals surface area (Å²) in [5.74, 6) is 0.202. The van der Waals surface area contributed by atoms with Gasteiger partial charge >= 0.3 is 0 Å². The largest absolute Gasteiger partial charge is 0.496 e. The molecule has 34 heavy (non-hydrogen) atoms. The van der Waals surface area contributed by atoms with Gasteiger partial charge in [-0.25, -0.2) is 0 Å². The zero-order valence-corrected chi connectivity index (χ0v) is 19.8. The van der Waals surface area contributed by atoms with Gasteiger partial charge in [0.2, 0.25) is 0 Å². The predicted octanol–water partition coefficient (Wildman–Crippen LogP) is 6.07. The topological polar surface area (TPSA) is 58.6 Å². The highest BCUT2D eigenvalue weighted by Crippen LogP contribution is 2.34. The highest BCUT2D eigenvalue weighted by atomic mass is 32.1. The van der Waals surface area contributed by atoms with Gasteiger partial charge in [-0.15, -0.1) is 11.3 Å². The van der Waals surface area contributed by atoms with E-state index in [1.165, 1.54) is 17.6 Å². The number of carbonyl (C=O) groups is 2. The highest BCUT2D eigenvalue weighted by Gasteiger charge is 2.26. The Morgan fingerprint density at radius 3 is 2.56 bits per heavy atom. The molecule has 2 amide bonds. The van der Waals surface area contributed by atoms with Gasteiger partial charge in [0.05, 0.1) is 19.2 Å². The van der Waals surface area contributed by atoms with Gasteiger partial charge in [0.1, 0.15) is 5.75 Å². The van der Waals surface area contributed by atoms with Crippen LogP contribution < -0.4 is 15.0 Å². The molecule has 6 heteroatoms. The maximum Gasteiger partial charge on any atom is 0.259 e. The first-order valence-corrected chi connectivity index (χ1v) is 11.9. The van der Waals surface area contributed by atoms with Crippen molar-refractivity contribution in [2.45, 2.75) is 19.9 Å². The van der Waals surface area contributed by atoms with Gasteiger partial charge in [-0.2, -0.15) is 0 Å². The molecule has 5 rings (SSSR count). The number of fused-ring (bicyclic) bond motifs is 2. The fourth-order valence-corrected chi connectivity index (χ4v) is 5.25. The quantitative estimate of drug-likeness (QED) is 0.396. The number of nitrogens with one attached hydrogen (secondary N) is 1. The summed E-state index contributed by atoms with van der Waals surface area (Å²) >= 11 is 1.69. The first-order valence-electron chi connectivity index (χ1n) is 11.0. The fourth-order valence-electron chi connectivity index (χ4n) is 4.36. The minimum Gasteiger partial charge on any atom is -0.496 e. The van der Waals surface area contributed by atoms with Crippen molar-refractivity contribution in [3.63, 3.8) is 0 Å². The molecule has 5 nitrogen and oxygen atoms in total. The van der Waals surface area contributed by atoms with E-state index in [9.17, 15) is 9.59 Å². The predicted molar refractivity (Wildman–Crippen MR) is 136 cm³/mol. The number of anilines is 2. The second-order valence-corrected chi connectivity index (χ2v) is 9.25. The Hall–Kier alpha value is -3.90. The van der Waals surface area contributed by atoms with Gasteiger partial charge in [0.25, 0.3) is 11.8 Å². The molecule has 170 valence electrons. The zero-order valence-electron chi connectivity index (χ0n) is 19.0. The van der Waals surface area contributed by atoms with E-state index in [1.54, 1.807) is 41.7 Å². The summed E-state index contributed by atoms with van der Waals surface area (Å²) in [7, 11) is 1.54. The molecule has 0 saturated carbocycles. The minimum atomic E-state index is -0.261. The van der Waals surface area contributed by atoms with Crippen LogP contribution in [0.25, 0.3) is 0 Å². The average molecular weight is 469 g/mol. The molecule has 0 fully saturated rings. The Kier molecular flexibility index (Phi) is 5.90. The SMILES string of the molecule is COc1ccccc1C(=O)Nc1ccc(C(=O)N2Cc3sccc3Cc3ccccc32)c(C)c1. The van der Waals surface area contributed by atoms with Gasteiger partial charge in [-0.3, -0.25) is 9.59 Å². The Balaban J connectivity index is 1.43. The molecule has 1 aromatic heterocycles. The number of aryl methyl sites for hydroxylation is 1. The monoisotopic (exact) mass is 468 g/mol. The average Bonchev–Trinajstić information content (AvgIpc) is 3.22. The molecule has 0 aliphatic carbocycles. The Morgan fingerprint density at radius 1 is 0.941 bits per heavy atom. The second kappa shape index (κ2) is 9.15. The number of methoxy groups -OCH3 is 1. The maximum absolute atomic E-state index is 13.7. The number of nitrogens with zero attached hydrogens (tertiary/aromatic N) is 1. The van der Waals surface area contributed by atoms with Crippen LogP contribution in [0.1, 0.15) is 42.3 Å². The molecule has 0 radical (unpaired) electrons. The molecule has 0 unspecified atom stereocenters. The van der Waals surface area contributed by atoms with Crippen molar-refractivity contribution in [3.05, 3.63) is 111 Å². The summed E-state index contributed by atoms with van der Waals surface area (Å²) in [5.41, 5.74) is 5.87. The standard InChI is InChI=1S/C28H24N2O3S/c1-18-15-21(29-27(31)23-8-4-6-10-25(23)33-2)11-12-22(18)28(32)30-17-26-20(13-14-34-26)16-19-7-3-5-9-24(19)30/h3-15H,16-17H2,1-2H3,(H,29,31). The minimum absolute atomic E-state index is 0.0474. The molecule has 4 aromatic rings. The van der Waals surface area contributed by atoms with Gasteiger partial charge in [-0.05, 0) is 71.5 Å². The van der Waals surface area contributed by atoms with Crippen molar-refractivity contribution in [3.8, 4) is 5.75 Å². The molecule has 1 N–H and O–H groups in total. The lowest BCUT2D eigenvalue weighted by Gasteiger charge is -2.24. The van der Waals surface area contributed by atoms with Gasteiger partial charge < -0.3 is 15.0 Å². The van der Waals surface area contributed by atoms with Crippen LogP contribution in [0.3, 0.4) is 0 Å². The number of para-hydroxylation sites is 2. The number of hydrogen-bond donors (Lipinski definition) is 1. The van der Waals surface area contributed by atoms with Crippen LogP contribution in [0.5, 0.6) is 5.75 Å². The molecule has 2 heterocycles. The summed E-state index contributed by atoms with van der Waals surface area (Å²) in [5, 5.41) is 5.00. The van der Waals surface area contributed by atoms with E-state index in [0.717, 1.165) is 23.2 Å². The van der Waals surface area contributed by atoms with Crippen LogP contribution >= 0.6 is 11.3 Å². The van der Waals surface area contributed by atoms with Crippen molar-refractivity contribution in [2.75, 3.05) is 17.3 Å². The number of carbonyl (C=O) groups excluding carboxylic acids is 2. The van der Waals surface area contributed by atoms with Crippen LogP contribution in [0.4, 0.5) is 11.4 Å². The molecule has 0 saturated heterocycles. The first-order chi connectivity index (χ1) is 16.5. The Labute approximate surface area is 202 Å². The van der Waals surface area contributed by atoms with Crippen LogP contribution in [-0.2, 0) is 13.0 Å². The molecule has 1 aliphatic heterocycles. The lowest BCUT2D eigenvalue weighted by atomic mass is 10.0. The molecule has 0 bridgehead atoms. The highest BCUT2D eigenvalue weighted by molar-refractivity contribution is 7.10. The second-order valence-electron chi connectivity index (χ2n) is 8.25. The van der Waals surface area contributed by atoms with E-state index in [1.807, 2.05) is 42.2 Å². The lowest BCUT2D eigenvalue weighted by molar-refractivity contribution is 0.0983. The van der Waals surface area contributed by atoms with Crippen LogP contribution in [0.2, 0.25) is 0 Å². The number of benzene rings is 3. The summed E-state index contributed by atoms with van der Waals surface area (Å²) in [6, 6.07) is 22.7. The van der Waals surface area contributed by atoms with E-state index in [0.29, 0.717) is 29.1 Å². The van der Waals surface area contributed by atoms with Crippen molar-refractivity contribution in [2.24, 2.45) is 0 Å². The molecular weight excluding hydrogens is 444 g/mol. The van der Waals surface area contributed by atoms with Crippen LogP contribution in [0.15, 0.2) is 78.2 Å². The third kappa shape index (κ3) is 4.08. The van der Waals surface area contributed by atoms with E-state index in [2.05, 4.69) is 22.8 Å².